The minimum atomic E-state index is -0.980. The second-order valence-corrected chi connectivity index (χ2v) is 18.8. The summed E-state index contributed by atoms with van der Waals surface area (Å²) in [5, 5.41) is 11.9. The number of fused-ring (bicyclic) bond motifs is 2. The highest BCUT2D eigenvalue weighted by atomic mass is 35.5. The molecule has 4 aliphatic heterocycles. The lowest BCUT2D eigenvalue weighted by atomic mass is 9.49. The SMILES string of the molecule is CC1(C)[C@H](Oc2ccc(C#N)c(Cl)c2)C(C)(C)[C@H]1N1Cc2nc(C#C[C@H]3CC[C@H](N4CCN(c5ccc6c(c5)C(=O)N(C5CCC(=O)NC5=O)C6=O)CC4)CC3)ccc2C1=O. The highest BCUT2D eigenvalue weighted by molar-refractivity contribution is 6.31. The number of halogens is 1. The number of benzene rings is 2. The number of nitriles is 1. The Labute approximate surface area is 360 Å². The number of pyridine rings is 1. The second kappa shape index (κ2) is 15.3. The summed E-state index contributed by atoms with van der Waals surface area (Å²) < 4.78 is 6.47. The number of anilines is 1. The maximum Gasteiger partial charge on any atom is 0.262 e. The average molecular weight is 842 g/mol. The lowest BCUT2D eigenvalue weighted by Crippen LogP contribution is -2.74. The number of aromatic nitrogens is 1. The van der Waals surface area contributed by atoms with E-state index in [1.54, 1.807) is 30.3 Å². The summed E-state index contributed by atoms with van der Waals surface area (Å²) in [6, 6.07) is 15.6. The molecule has 1 atom stereocenters. The molecule has 0 radical (unpaired) electrons. The van der Waals surface area contributed by atoms with Crippen molar-refractivity contribution in [1.82, 2.24) is 25.0 Å². The minimum absolute atomic E-state index is 0.0237. The van der Waals surface area contributed by atoms with Crippen molar-refractivity contribution in [2.24, 2.45) is 16.7 Å². The normalized spacial score (nSPS) is 26.8. The highest BCUT2D eigenvalue weighted by Crippen LogP contribution is 2.59. The summed E-state index contributed by atoms with van der Waals surface area (Å²) in [5.41, 5.74) is 3.18. The Morgan fingerprint density at radius 3 is 2.21 bits per heavy atom. The molecule has 0 spiro atoms. The Hall–Kier alpha value is -5.76. The molecule has 2 saturated heterocycles. The maximum absolute atomic E-state index is 13.8. The van der Waals surface area contributed by atoms with Crippen molar-refractivity contribution >= 4 is 46.8 Å². The second-order valence-electron chi connectivity index (χ2n) is 18.4. The maximum atomic E-state index is 13.8. The van der Waals surface area contributed by atoms with Gasteiger partial charge in [-0.15, -0.1) is 0 Å². The largest absolute Gasteiger partial charge is 0.489 e. The number of ether oxygens (including phenoxy) is 1. The molecule has 5 heterocycles. The molecule has 9 rings (SSSR count). The van der Waals surface area contributed by atoms with Gasteiger partial charge in [-0.05, 0) is 80.5 Å². The molecule has 2 aliphatic carbocycles. The molecule has 13 nitrogen and oxygen atoms in total. The van der Waals surface area contributed by atoms with Crippen molar-refractivity contribution in [2.75, 3.05) is 31.1 Å². The first-order chi connectivity index (χ1) is 29.1. The number of piperidine rings is 1. The van der Waals surface area contributed by atoms with Crippen molar-refractivity contribution in [3.05, 3.63) is 87.2 Å². The Bertz CT molecular complexity index is 2470. The van der Waals surface area contributed by atoms with Crippen LogP contribution in [-0.4, -0.2) is 99.6 Å². The number of nitrogens with zero attached hydrogens (tertiary/aromatic N) is 6. The van der Waals surface area contributed by atoms with Gasteiger partial charge >= 0.3 is 0 Å². The van der Waals surface area contributed by atoms with Crippen LogP contribution in [0.3, 0.4) is 0 Å². The average Bonchev–Trinajstić information content (AvgIpc) is 3.68. The van der Waals surface area contributed by atoms with Gasteiger partial charge in [0, 0.05) is 73.2 Å². The molecule has 1 N–H and O–H groups in total. The molecule has 0 bridgehead atoms. The summed E-state index contributed by atoms with van der Waals surface area (Å²) in [4.78, 5) is 77.1. The fourth-order valence-electron chi connectivity index (χ4n) is 11.3. The number of nitrogens with one attached hydrogen (secondary N) is 1. The molecule has 6 aliphatic rings. The van der Waals surface area contributed by atoms with E-state index in [1.807, 2.05) is 23.1 Å². The molecule has 3 aromatic rings. The van der Waals surface area contributed by atoms with Gasteiger partial charge in [0.05, 0.1) is 39.5 Å². The Morgan fingerprint density at radius 1 is 0.820 bits per heavy atom. The Morgan fingerprint density at radius 2 is 1.52 bits per heavy atom. The van der Waals surface area contributed by atoms with E-state index in [9.17, 15) is 29.2 Å². The standard InChI is InChI=1S/C47H48ClN7O6/c1-46(2)44(47(3,4)45(46)61-32-14-8-28(25-49)36(48)24-32)54-26-37-34(41(54)58)15-10-29(50-37)9-5-27-6-11-30(12-7-27)52-19-21-53(22-20-52)31-13-16-33-35(23-31)43(60)55(42(33)59)38-17-18-39(56)51-40(38)57/h8,10,13-16,23-24,27,30,38,44-45H,6-7,11-12,17-22,26H2,1-4H3,(H,51,56,57)/t27-,30-,38?,44-,45-. The first-order valence-electron chi connectivity index (χ1n) is 21.2. The van der Waals surface area contributed by atoms with Crippen LogP contribution in [0.4, 0.5) is 5.69 Å². The van der Waals surface area contributed by atoms with Crippen LogP contribution >= 0.6 is 11.6 Å². The lowest BCUT2D eigenvalue weighted by molar-refractivity contribution is -0.199. The van der Waals surface area contributed by atoms with Crippen molar-refractivity contribution in [2.45, 2.75) is 97.0 Å². The van der Waals surface area contributed by atoms with Crippen LogP contribution in [0.5, 0.6) is 5.75 Å². The van der Waals surface area contributed by atoms with Gasteiger partial charge in [-0.3, -0.25) is 39.1 Å². The molecule has 2 aromatic carbocycles. The van der Waals surface area contributed by atoms with E-state index < -0.39 is 29.7 Å². The summed E-state index contributed by atoms with van der Waals surface area (Å²) in [6.07, 6.45) is 4.15. The number of rotatable bonds is 6. The molecule has 2 saturated carbocycles. The predicted molar refractivity (Wildman–Crippen MR) is 226 cm³/mol. The number of piperazine rings is 1. The quantitative estimate of drug-likeness (QED) is 0.246. The van der Waals surface area contributed by atoms with E-state index in [4.69, 9.17) is 21.3 Å². The van der Waals surface area contributed by atoms with Gasteiger partial charge in [0.25, 0.3) is 17.7 Å². The van der Waals surface area contributed by atoms with Gasteiger partial charge in [-0.1, -0.05) is 45.2 Å². The summed E-state index contributed by atoms with van der Waals surface area (Å²) in [6.45, 7) is 12.3. The van der Waals surface area contributed by atoms with Crippen LogP contribution in [0.2, 0.25) is 5.02 Å². The lowest BCUT2D eigenvalue weighted by Gasteiger charge is -2.65. The van der Waals surface area contributed by atoms with Crippen LogP contribution in [-0.2, 0) is 16.1 Å². The van der Waals surface area contributed by atoms with Crippen molar-refractivity contribution in [1.29, 1.82) is 5.26 Å². The van der Waals surface area contributed by atoms with Crippen LogP contribution in [0.25, 0.3) is 0 Å². The first-order valence-corrected chi connectivity index (χ1v) is 21.6. The van der Waals surface area contributed by atoms with Gasteiger partial charge in [-0.2, -0.15) is 5.26 Å². The van der Waals surface area contributed by atoms with E-state index in [-0.39, 0.29) is 53.2 Å². The van der Waals surface area contributed by atoms with E-state index in [0.717, 1.165) is 68.1 Å². The monoisotopic (exact) mass is 841 g/mol. The van der Waals surface area contributed by atoms with Gasteiger partial charge in [0.1, 0.15) is 29.7 Å². The molecular formula is C47H48ClN7O6. The van der Waals surface area contributed by atoms with Crippen LogP contribution in [0.15, 0.2) is 48.5 Å². The van der Waals surface area contributed by atoms with Gasteiger partial charge in [0.15, 0.2) is 0 Å². The van der Waals surface area contributed by atoms with Crippen molar-refractivity contribution in [3.8, 4) is 23.7 Å². The van der Waals surface area contributed by atoms with Crippen molar-refractivity contribution in [3.63, 3.8) is 0 Å². The number of hydrogen-bond donors (Lipinski definition) is 1. The molecule has 61 heavy (non-hydrogen) atoms. The number of carbonyl (C=O) groups excluding carboxylic acids is 5. The first kappa shape index (κ1) is 40.6. The molecule has 5 amide bonds. The van der Waals surface area contributed by atoms with E-state index in [2.05, 4.69) is 60.7 Å². The van der Waals surface area contributed by atoms with E-state index in [1.165, 1.54) is 0 Å². The number of carbonyl (C=O) groups is 5. The molecule has 1 aromatic heterocycles. The van der Waals surface area contributed by atoms with Gasteiger partial charge in [0.2, 0.25) is 11.8 Å². The Kier molecular flexibility index (Phi) is 10.2. The summed E-state index contributed by atoms with van der Waals surface area (Å²) >= 11 is 6.29. The highest BCUT2D eigenvalue weighted by Gasteiger charge is 2.67. The fraction of sp³-hybridized carbons (Fsp3) is 0.468. The molecule has 1 unspecified atom stereocenters. The molecular weight excluding hydrogens is 794 g/mol. The van der Waals surface area contributed by atoms with Crippen molar-refractivity contribution < 1.29 is 28.7 Å². The van der Waals surface area contributed by atoms with Gasteiger partial charge in [-0.25, -0.2) is 4.98 Å². The number of hydrogen-bond acceptors (Lipinski definition) is 10. The third-order valence-corrected chi connectivity index (χ3v) is 14.2. The Balaban J connectivity index is 0.770. The van der Waals surface area contributed by atoms with Gasteiger partial charge < -0.3 is 14.5 Å². The van der Waals surface area contributed by atoms with E-state index in [0.29, 0.717) is 45.7 Å². The number of imide groups is 2. The van der Waals surface area contributed by atoms with E-state index >= 15 is 0 Å². The number of amides is 5. The third-order valence-electron chi connectivity index (χ3n) is 13.9. The topological polar surface area (TPSA) is 156 Å². The fourth-order valence-corrected chi connectivity index (χ4v) is 11.5. The van der Waals surface area contributed by atoms with Crippen LogP contribution in [0, 0.1) is 39.9 Å². The van der Waals surface area contributed by atoms with Crippen LogP contribution < -0.4 is 15.0 Å². The van der Waals surface area contributed by atoms with Crippen LogP contribution in [0.1, 0.15) is 114 Å². The third kappa shape index (κ3) is 7.02. The molecule has 14 heteroatoms. The predicted octanol–water partition coefficient (Wildman–Crippen LogP) is 5.58. The summed E-state index contributed by atoms with van der Waals surface area (Å²) in [5.74, 6) is 5.69. The summed E-state index contributed by atoms with van der Waals surface area (Å²) in [7, 11) is 0. The molecule has 4 fully saturated rings. The zero-order valence-corrected chi connectivity index (χ0v) is 35.6. The minimum Gasteiger partial charge on any atom is -0.489 e. The zero-order chi connectivity index (χ0) is 43.0. The molecule has 314 valence electrons. The zero-order valence-electron chi connectivity index (χ0n) is 34.8. The smallest absolute Gasteiger partial charge is 0.262 e.